The van der Waals surface area contributed by atoms with Crippen molar-refractivity contribution >= 4 is 17.6 Å². The fraction of sp³-hybridized carbons (Fsp3) is 0.263. The number of esters is 1. The van der Waals surface area contributed by atoms with E-state index < -0.39 is 17.4 Å². The molecule has 6 nitrogen and oxygen atoms in total. The molecule has 0 saturated heterocycles. The second-order valence-electron chi connectivity index (χ2n) is 5.76. The van der Waals surface area contributed by atoms with Crippen molar-refractivity contribution in [3.8, 4) is 5.75 Å². The summed E-state index contributed by atoms with van der Waals surface area (Å²) in [5.74, 6) is -0.794. The van der Waals surface area contributed by atoms with Crippen molar-refractivity contribution < 1.29 is 19.1 Å². The van der Waals surface area contributed by atoms with Crippen LogP contribution >= 0.6 is 0 Å². The standard InChI is InChI=1S/C19H20N2O4/c1-3-25-18(23)19(20)14-10-7-11-15(24-2)16(14)21(17(19)22)12-13-8-5-4-6-9-13/h4-11H,3,12,20H2,1-2H3. The molecular formula is C19H20N2O4. The van der Waals surface area contributed by atoms with Crippen molar-refractivity contribution in [2.45, 2.75) is 19.0 Å². The average molecular weight is 340 g/mol. The van der Waals surface area contributed by atoms with Gasteiger partial charge in [-0.1, -0.05) is 42.5 Å². The molecule has 3 rings (SSSR count). The molecule has 130 valence electrons. The van der Waals surface area contributed by atoms with Gasteiger partial charge in [0.05, 0.1) is 25.9 Å². The smallest absolute Gasteiger partial charge is 0.340 e. The fourth-order valence-corrected chi connectivity index (χ4v) is 3.07. The highest BCUT2D eigenvalue weighted by molar-refractivity contribution is 6.20. The average Bonchev–Trinajstić information content (AvgIpc) is 2.86. The van der Waals surface area contributed by atoms with Gasteiger partial charge in [0.2, 0.25) is 5.54 Å². The van der Waals surface area contributed by atoms with E-state index in [9.17, 15) is 9.59 Å². The van der Waals surface area contributed by atoms with E-state index in [0.29, 0.717) is 17.0 Å². The van der Waals surface area contributed by atoms with Crippen LogP contribution in [0.25, 0.3) is 0 Å². The lowest BCUT2D eigenvalue weighted by Gasteiger charge is -2.22. The van der Waals surface area contributed by atoms with Gasteiger partial charge in [-0.05, 0) is 18.6 Å². The van der Waals surface area contributed by atoms with Crippen LogP contribution < -0.4 is 15.4 Å². The Labute approximate surface area is 146 Å². The zero-order valence-electron chi connectivity index (χ0n) is 14.2. The van der Waals surface area contributed by atoms with Crippen molar-refractivity contribution in [3.63, 3.8) is 0 Å². The maximum Gasteiger partial charge on any atom is 0.340 e. The molecule has 6 heteroatoms. The van der Waals surface area contributed by atoms with Crippen molar-refractivity contribution in [1.82, 2.24) is 0 Å². The monoisotopic (exact) mass is 340 g/mol. The number of carbonyl (C=O) groups is 2. The SMILES string of the molecule is CCOC(=O)C1(N)C(=O)N(Cc2ccccc2)c2c(OC)cccc21. The van der Waals surface area contributed by atoms with Gasteiger partial charge in [-0.3, -0.25) is 4.79 Å². The summed E-state index contributed by atoms with van der Waals surface area (Å²) in [7, 11) is 1.52. The normalized spacial score (nSPS) is 18.8. The molecule has 2 aromatic rings. The number of hydrogen-bond acceptors (Lipinski definition) is 5. The minimum Gasteiger partial charge on any atom is -0.495 e. The molecule has 1 atom stereocenters. The summed E-state index contributed by atoms with van der Waals surface area (Å²) in [6.07, 6.45) is 0. The van der Waals surface area contributed by atoms with E-state index in [0.717, 1.165) is 5.56 Å². The van der Waals surface area contributed by atoms with Gasteiger partial charge < -0.3 is 20.1 Å². The highest BCUT2D eigenvalue weighted by Crippen LogP contribution is 2.45. The van der Waals surface area contributed by atoms with Crippen LogP contribution in [0.2, 0.25) is 0 Å². The third kappa shape index (κ3) is 2.64. The van der Waals surface area contributed by atoms with Crippen LogP contribution in [0.5, 0.6) is 5.75 Å². The van der Waals surface area contributed by atoms with E-state index in [4.69, 9.17) is 15.2 Å². The van der Waals surface area contributed by atoms with Crippen LogP contribution in [0.4, 0.5) is 5.69 Å². The minimum atomic E-state index is -1.87. The van der Waals surface area contributed by atoms with Crippen LogP contribution in [-0.2, 0) is 26.4 Å². The summed E-state index contributed by atoms with van der Waals surface area (Å²) in [4.78, 5) is 27.1. The number of anilines is 1. The first-order valence-electron chi connectivity index (χ1n) is 8.03. The predicted molar refractivity (Wildman–Crippen MR) is 93.1 cm³/mol. The van der Waals surface area contributed by atoms with E-state index in [1.54, 1.807) is 25.1 Å². The van der Waals surface area contributed by atoms with Crippen molar-refractivity contribution in [2.75, 3.05) is 18.6 Å². The summed E-state index contributed by atoms with van der Waals surface area (Å²) in [6, 6.07) is 14.6. The van der Waals surface area contributed by atoms with E-state index in [1.807, 2.05) is 30.3 Å². The molecule has 1 heterocycles. The Kier molecular flexibility index (Phi) is 4.46. The molecule has 0 saturated carbocycles. The van der Waals surface area contributed by atoms with Crippen LogP contribution in [0.3, 0.4) is 0 Å². The summed E-state index contributed by atoms with van der Waals surface area (Å²) in [5.41, 5.74) is 6.24. The number of amides is 1. The van der Waals surface area contributed by atoms with E-state index in [-0.39, 0.29) is 13.2 Å². The lowest BCUT2D eigenvalue weighted by molar-refractivity contribution is -0.153. The molecule has 1 aliphatic heterocycles. The van der Waals surface area contributed by atoms with Gasteiger partial charge in [0.25, 0.3) is 5.91 Å². The first-order valence-corrected chi connectivity index (χ1v) is 8.03. The number of hydrogen-bond donors (Lipinski definition) is 1. The number of para-hydroxylation sites is 1. The van der Waals surface area contributed by atoms with E-state index in [2.05, 4.69) is 0 Å². The molecule has 1 aliphatic rings. The quantitative estimate of drug-likeness (QED) is 0.665. The third-order valence-electron chi connectivity index (χ3n) is 4.28. The summed E-state index contributed by atoms with van der Waals surface area (Å²) in [5, 5.41) is 0. The number of ether oxygens (including phenoxy) is 2. The number of benzene rings is 2. The molecule has 0 fully saturated rings. The molecule has 2 N–H and O–H groups in total. The van der Waals surface area contributed by atoms with Crippen LogP contribution in [-0.4, -0.2) is 25.6 Å². The number of methoxy groups -OCH3 is 1. The topological polar surface area (TPSA) is 81.9 Å². The van der Waals surface area contributed by atoms with Gasteiger partial charge in [-0.15, -0.1) is 0 Å². The van der Waals surface area contributed by atoms with Gasteiger partial charge in [-0.2, -0.15) is 0 Å². The molecule has 0 radical (unpaired) electrons. The highest BCUT2D eigenvalue weighted by atomic mass is 16.5. The van der Waals surface area contributed by atoms with Crippen molar-refractivity contribution in [2.24, 2.45) is 5.73 Å². The number of nitrogens with two attached hydrogens (primary N) is 1. The van der Waals surface area contributed by atoms with Gasteiger partial charge >= 0.3 is 5.97 Å². The molecular weight excluding hydrogens is 320 g/mol. The largest absolute Gasteiger partial charge is 0.495 e. The van der Waals surface area contributed by atoms with Crippen molar-refractivity contribution in [1.29, 1.82) is 0 Å². The Morgan fingerprint density at radius 1 is 1.16 bits per heavy atom. The Morgan fingerprint density at radius 3 is 2.52 bits per heavy atom. The Balaban J connectivity index is 2.12. The summed E-state index contributed by atoms with van der Waals surface area (Å²) >= 11 is 0. The van der Waals surface area contributed by atoms with Gasteiger partial charge in [0.1, 0.15) is 5.75 Å². The molecule has 1 amide bonds. The Morgan fingerprint density at radius 2 is 1.88 bits per heavy atom. The summed E-state index contributed by atoms with van der Waals surface area (Å²) in [6.45, 7) is 2.10. The molecule has 0 aromatic heterocycles. The maximum atomic E-state index is 13.1. The zero-order chi connectivity index (χ0) is 18.0. The van der Waals surface area contributed by atoms with Gasteiger partial charge in [0.15, 0.2) is 0 Å². The van der Waals surface area contributed by atoms with E-state index in [1.165, 1.54) is 12.0 Å². The van der Waals surface area contributed by atoms with Crippen LogP contribution in [0.1, 0.15) is 18.1 Å². The zero-order valence-corrected chi connectivity index (χ0v) is 14.2. The molecule has 0 spiro atoms. The predicted octanol–water partition coefficient (Wildman–Crippen LogP) is 1.96. The minimum absolute atomic E-state index is 0.142. The molecule has 2 aromatic carbocycles. The molecule has 0 bridgehead atoms. The van der Waals surface area contributed by atoms with Gasteiger partial charge in [-0.25, -0.2) is 4.79 Å². The number of carbonyl (C=O) groups excluding carboxylic acids is 2. The molecule has 0 aliphatic carbocycles. The first kappa shape index (κ1) is 17.0. The Hall–Kier alpha value is -2.86. The molecule has 25 heavy (non-hydrogen) atoms. The lowest BCUT2D eigenvalue weighted by Crippen LogP contribution is -2.53. The second kappa shape index (κ2) is 6.57. The second-order valence-corrected chi connectivity index (χ2v) is 5.76. The first-order chi connectivity index (χ1) is 12.0. The van der Waals surface area contributed by atoms with Crippen LogP contribution in [0.15, 0.2) is 48.5 Å². The molecule has 1 unspecified atom stereocenters. The lowest BCUT2D eigenvalue weighted by atomic mass is 9.92. The summed E-state index contributed by atoms with van der Waals surface area (Å²) < 4.78 is 10.5. The van der Waals surface area contributed by atoms with E-state index >= 15 is 0 Å². The highest BCUT2D eigenvalue weighted by Gasteiger charge is 2.56. The maximum absolute atomic E-state index is 13.1. The third-order valence-corrected chi connectivity index (χ3v) is 4.28. The van der Waals surface area contributed by atoms with Crippen LogP contribution in [0, 0.1) is 0 Å². The number of rotatable bonds is 5. The number of fused-ring (bicyclic) bond motifs is 1. The van der Waals surface area contributed by atoms with Crippen molar-refractivity contribution in [3.05, 3.63) is 59.7 Å². The Bertz CT molecular complexity index is 806. The fourth-order valence-electron chi connectivity index (χ4n) is 3.07. The van der Waals surface area contributed by atoms with Gasteiger partial charge in [0, 0.05) is 5.56 Å². The number of nitrogens with zero attached hydrogens (tertiary/aromatic N) is 1.